The van der Waals surface area contributed by atoms with Gasteiger partial charge in [-0.1, -0.05) is 55.5 Å². The lowest BCUT2D eigenvalue weighted by Crippen LogP contribution is -2.42. The molecule has 0 bridgehead atoms. The second-order valence-corrected chi connectivity index (χ2v) is 5.68. The Hall–Kier alpha value is -1.80. The molecule has 0 heterocycles. The Morgan fingerprint density at radius 3 is 2.35 bits per heavy atom. The van der Waals surface area contributed by atoms with Crippen LogP contribution in [0, 0.1) is 0 Å². The van der Waals surface area contributed by atoms with Crippen LogP contribution in [0.25, 0.3) is 0 Å². The topological polar surface area (TPSA) is 38.0 Å². The van der Waals surface area contributed by atoms with Gasteiger partial charge in [-0.25, -0.2) is 0 Å². The third-order valence-electron chi connectivity index (χ3n) is 3.75. The van der Waals surface area contributed by atoms with Gasteiger partial charge in [0.15, 0.2) is 0 Å². The molecular formula is C18H24N2. The summed E-state index contributed by atoms with van der Waals surface area (Å²) in [6.45, 7) is 4.99. The fourth-order valence-corrected chi connectivity index (χ4v) is 2.08. The van der Waals surface area contributed by atoms with Gasteiger partial charge in [0.2, 0.25) is 0 Å². The van der Waals surface area contributed by atoms with Crippen molar-refractivity contribution in [2.75, 3.05) is 11.9 Å². The summed E-state index contributed by atoms with van der Waals surface area (Å²) >= 11 is 0. The Labute approximate surface area is 122 Å². The zero-order chi connectivity index (χ0) is 14.4. The molecule has 0 spiro atoms. The average Bonchev–Trinajstić information content (AvgIpc) is 2.47. The van der Waals surface area contributed by atoms with Crippen molar-refractivity contribution in [3.8, 4) is 0 Å². The van der Waals surface area contributed by atoms with Crippen LogP contribution in [0.3, 0.4) is 0 Å². The number of nitrogens with one attached hydrogen (secondary N) is 1. The summed E-state index contributed by atoms with van der Waals surface area (Å²) in [7, 11) is 0. The van der Waals surface area contributed by atoms with E-state index in [0.717, 1.165) is 19.4 Å². The van der Waals surface area contributed by atoms with Crippen molar-refractivity contribution >= 4 is 5.69 Å². The van der Waals surface area contributed by atoms with Crippen LogP contribution in [-0.4, -0.2) is 12.1 Å². The SMILES string of the molecule is CCC(C)(N)CNc1ccccc1Cc1ccccc1. The molecule has 20 heavy (non-hydrogen) atoms. The van der Waals surface area contributed by atoms with Crippen LogP contribution in [0.1, 0.15) is 31.4 Å². The van der Waals surface area contributed by atoms with E-state index in [2.05, 4.69) is 73.8 Å². The molecule has 1 unspecified atom stereocenters. The van der Waals surface area contributed by atoms with Crippen LogP contribution in [0.2, 0.25) is 0 Å². The summed E-state index contributed by atoms with van der Waals surface area (Å²) in [6.07, 6.45) is 1.90. The number of rotatable bonds is 6. The largest absolute Gasteiger partial charge is 0.383 e. The van der Waals surface area contributed by atoms with Crippen LogP contribution >= 0.6 is 0 Å². The lowest BCUT2D eigenvalue weighted by Gasteiger charge is -2.24. The highest BCUT2D eigenvalue weighted by Crippen LogP contribution is 2.20. The van der Waals surface area contributed by atoms with Crippen LogP contribution < -0.4 is 11.1 Å². The molecule has 0 aliphatic carbocycles. The molecular weight excluding hydrogens is 244 g/mol. The molecule has 0 saturated carbocycles. The molecule has 0 saturated heterocycles. The highest BCUT2D eigenvalue weighted by Gasteiger charge is 2.15. The molecule has 3 N–H and O–H groups in total. The van der Waals surface area contributed by atoms with Gasteiger partial charge in [0.1, 0.15) is 0 Å². The van der Waals surface area contributed by atoms with Gasteiger partial charge in [0.05, 0.1) is 0 Å². The second-order valence-electron chi connectivity index (χ2n) is 5.68. The van der Waals surface area contributed by atoms with E-state index >= 15 is 0 Å². The van der Waals surface area contributed by atoms with Gasteiger partial charge in [0, 0.05) is 17.8 Å². The lowest BCUT2D eigenvalue weighted by molar-refractivity contribution is 0.478. The molecule has 0 aromatic heterocycles. The smallest absolute Gasteiger partial charge is 0.0376 e. The van der Waals surface area contributed by atoms with Crippen molar-refractivity contribution in [3.63, 3.8) is 0 Å². The van der Waals surface area contributed by atoms with Crippen molar-refractivity contribution < 1.29 is 0 Å². The van der Waals surface area contributed by atoms with E-state index in [-0.39, 0.29) is 5.54 Å². The molecule has 0 radical (unpaired) electrons. The maximum atomic E-state index is 6.20. The molecule has 2 heteroatoms. The van der Waals surface area contributed by atoms with E-state index in [0.29, 0.717) is 0 Å². The molecule has 1 atom stereocenters. The number of para-hydroxylation sites is 1. The number of hydrogen-bond donors (Lipinski definition) is 2. The first-order valence-corrected chi connectivity index (χ1v) is 7.25. The zero-order valence-corrected chi connectivity index (χ0v) is 12.4. The van der Waals surface area contributed by atoms with E-state index < -0.39 is 0 Å². The van der Waals surface area contributed by atoms with Crippen LogP contribution in [0.5, 0.6) is 0 Å². The van der Waals surface area contributed by atoms with Gasteiger partial charge in [0.25, 0.3) is 0 Å². The predicted octanol–water partition coefficient (Wildman–Crippen LogP) is 3.82. The average molecular weight is 268 g/mol. The summed E-state index contributed by atoms with van der Waals surface area (Å²) < 4.78 is 0. The highest BCUT2D eigenvalue weighted by molar-refractivity contribution is 5.53. The Morgan fingerprint density at radius 1 is 1.00 bits per heavy atom. The van der Waals surface area contributed by atoms with Gasteiger partial charge < -0.3 is 11.1 Å². The molecule has 2 aromatic carbocycles. The maximum Gasteiger partial charge on any atom is 0.0376 e. The van der Waals surface area contributed by atoms with Crippen LogP contribution in [0.4, 0.5) is 5.69 Å². The first-order chi connectivity index (χ1) is 9.61. The number of benzene rings is 2. The summed E-state index contributed by atoms with van der Waals surface area (Å²) in [4.78, 5) is 0. The zero-order valence-electron chi connectivity index (χ0n) is 12.4. The first kappa shape index (κ1) is 14.6. The van der Waals surface area contributed by atoms with E-state index in [4.69, 9.17) is 5.73 Å². The molecule has 2 nitrogen and oxygen atoms in total. The maximum absolute atomic E-state index is 6.20. The molecule has 0 amide bonds. The van der Waals surface area contributed by atoms with Crippen molar-refractivity contribution in [1.29, 1.82) is 0 Å². The molecule has 106 valence electrons. The third-order valence-corrected chi connectivity index (χ3v) is 3.75. The first-order valence-electron chi connectivity index (χ1n) is 7.25. The quantitative estimate of drug-likeness (QED) is 0.836. The number of nitrogens with two attached hydrogens (primary N) is 1. The monoisotopic (exact) mass is 268 g/mol. The predicted molar refractivity (Wildman–Crippen MR) is 87.1 cm³/mol. The van der Waals surface area contributed by atoms with Crippen molar-refractivity contribution in [2.45, 2.75) is 32.2 Å². The van der Waals surface area contributed by atoms with E-state index in [1.807, 2.05) is 0 Å². The van der Waals surface area contributed by atoms with Gasteiger partial charge in [-0.05, 0) is 37.0 Å². The molecule has 2 rings (SSSR count). The summed E-state index contributed by atoms with van der Waals surface area (Å²) in [5.41, 5.74) is 9.86. The third kappa shape index (κ3) is 4.10. The molecule has 2 aromatic rings. The molecule has 0 aliphatic heterocycles. The highest BCUT2D eigenvalue weighted by atomic mass is 14.9. The Morgan fingerprint density at radius 2 is 1.65 bits per heavy atom. The standard InChI is InChI=1S/C18H24N2/c1-3-18(2,19)14-20-17-12-8-7-11-16(17)13-15-9-5-4-6-10-15/h4-12,20H,3,13-14,19H2,1-2H3. The Bertz CT molecular complexity index is 532. The molecule has 0 fully saturated rings. The van der Waals surface area contributed by atoms with Gasteiger partial charge in [-0.2, -0.15) is 0 Å². The van der Waals surface area contributed by atoms with Gasteiger partial charge in [-0.3, -0.25) is 0 Å². The summed E-state index contributed by atoms with van der Waals surface area (Å²) in [5.74, 6) is 0. The number of anilines is 1. The van der Waals surface area contributed by atoms with Crippen LogP contribution in [0.15, 0.2) is 54.6 Å². The fourth-order valence-electron chi connectivity index (χ4n) is 2.08. The van der Waals surface area contributed by atoms with E-state index in [1.54, 1.807) is 0 Å². The lowest BCUT2D eigenvalue weighted by atomic mass is 9.99. The minimum Gasteiger partial charge on any atom is -0.383 e. The second kappa shape index (κ2) is 6.58. The minimum absolute atomic E-state index is 0.167. The van der Waals surface area contributed by atoms with E-state index in [9.17, 15) is 0 Å². The minimum atomic E-state index is -0.167. The Balaban J connectivity index is 2.10. The van der Waals surface area contributed by atoms with Crippen LogP contribution in [-0.2, 0) is 6.42 Å². The van der Waals surface area contributed by atoms with Crippen molar-refractivity contribution in [1.82, 2.24) is 0 Å². The van der Waals surface area contributed by atoms with Gasteiger partial charge >= 0.3 is 0 Å². The van der Waals surface area contributed by atoms with E-state index in [1.165, 1.54) is 16.8 Å². The fraction of sp³-hybridized carbons (Fsp3) is 0.333. The van der Waals surface area contributed by atoms with Crippen molar-refractivity contribution in [3.05, 3.63) is 65.7 Å². The Kier molecular flexibility index (Phi) is 4.80. The normalized spacial score (nSPS) is 13.8. The van der Waals surface area contributed by atoms with Gasteiger partial charge in [-0.15, -0.1) is 0 Å². The summed E-state index contributed by atoms with van der Waals surface area (Å²) in [5, 5.41) is 3.50. The van der Waals surface area contributed by atoms with Crippen molar-refractivity contribution in [2.24, 2.45) is 5.73 Å². The molecule has 0 aliphatic rings. The number of hydrogen-bond acceptors (Lipinski definition) is 2. The summed E-state index contributed by atoms with van der Waals surface area (Å²) in [6, 6.07) is 19.0.